The van der Waals surface area contributed by atoms with E-state index in [1.165, 1.54) is 28.5 Å². The largest absolute Gasteiger partial charge is 0.478 e. The molecular formula is C19H12N2O5S. The molecule has 3 heterocycles. The molecule has 0 saturated carbocycles. The van der Waals surface area contributed by atoms with Gasteiger partial charge in [0.15, 0.2) is 17.3 Å². The van der Waals surface area contributed by atoms with Crippen LogP contribution in [0.25, 0.3) is 15.9 Å². The van der Waals surface area contributed by atoms with Crippen LogP contribution in [0.1, 0.15) is 21.0 Å². The molecule has 134 valence electrons. The van der Waals surface area contributed by atoms with E-state index in [9.17, 15) is 14.7 Å². The lowest BCUT2D eigenvalue weighted by molar-refractivity contribution is 0.0696. The third-order valence-electron chi connectivity index (χ3n) is 4.35. The van der Waals surface area contributed by atoms with E-state index in [-0.39, 0.29) is 17.2 Å². The van der Waals surface area contributed by atoms with Gasteiger partial charge in [-0.15, -0.1) is 11.8 Å². The number of aromatic nitrogens is 2. The fourth-order valence-electron chi connectivity index (χ4n) is 3.13. The molecule has 0 spiro atoms. The second-order valence-electron chi connectivity index (χ2n) is 6.04. The van der Waals surface area contributed by atoms with Gasteiger partial charge in [0.2, 0.25) is 5.91 Å². The van der Waals surface area contributed by atoms with E-state index in [4.69, 9.17) is 9.47 Å². The number of carbonyl (C=O) groups excluding carboxylic acids is 1. The number of benzene rings is 2. The standard InChI is InChI=1S/C19H12N2O5S/c22-16-9-27-15(8-17-25-13-3-1-2-4-14(13)26-17)18-20-11-7-10(19(23)24)5-6-12(11)21(16)18/h1-8,17H,9H2,(H,23,24)/b15-8+. The Labute approximate surface area is 157 Å². The number of thioether (sulfide) groups is 1. The monoisotopic (exact) mass is 380 g/mol. The molecule has 0 aliphatic carbocycles. The molecule has 0 bridgehead atoms. The van der Waals surface area contributed by atoms with Gasteiger partial charge in [0.05, 0.1) is 27.3 Å². The summed E-state index contributed by atoms with van der Waals surface area (Å²) >= 11 is 1.36. The van der Waals surface area contributed by atoms with Gasteiger partial charge in [-0.2, -0.15) is 0 Å². The number of nitrogens with zero attached hydrogens (tertiary/aromatic N) is 2. The van der Waals surface area contributed by atoms with Crippen molar-refractivity contribution in [1.82, 2.24) is 9.55 Å². The molecule has 0 amide bonds. The molecular weight excluding hydrogens is 368 g/mol. The lowest BCUT2D eigenvalue weighted by Gasteiger charge is -2.17. The molecule has 2 aliphatic rings. The lowest BCUT2D eigenvalue weighted by atomic mass is 10.2. The Bertz CT molecular complexity index is 1130. The van der Waals surface area contributed by atoms with Gasteiger partial charge < -0.3 is 14.6 Å². The predicted molar refractivity (Wildman–Crippen MR) is 99.2 cm³/mol. The minimum absolute atomic E-state index is 0.103. The van der Waals surface area contributed by atoms with Gasteiger partial charge >= 0.3 is 5.97 Å². The zero-order chi connectivity index (χ0) is 18.5. The minimum Gasteiger partial charge on any atom is -0.478 e. The van der Waals surface area contributed by atoms with Gasteiger partial charge in [0.1, 0.15) is 0 Å². The summed E-state index contributed by atoms with van der Waals surface area (Å²) in [7, 11) is 0. The van der Waals surface area contributed by atoms with Crippen LogP contribution in [0.2, 0.25) is 0 Å². The maximum absolute atomic E-state index is 12.4. The summed E-state index contributed by atoms with van der Waals surface area (Å²) < 4.78 is 13.0. The van der Waals surface area contributed by atoms with Crippen molar-refractivity contribution in [2.24, 2.45) is 0 Å². The molecule has 3 aromatic rings. The van der Waals surface area contributed by atoms with Crippen molar-refractivity contribution in [3.63, 3.8) is 0 Å². The van der Waals surface area contributed by atoms with E-state index in [2.05, 4.69) is 4.98 Å². The number of aromatic carboxylic acids is 1. The van der Waals surface area contributed by atoms with Crippen LogP contribution in [0.15, 0.2) is 48.5 Å². The topological polar surface area (TPSA) is 90.7 Å². The van der Waals surface area contributed by atoms with Crippen LogP contribution in [-0.2, 0) is 0 Å². The van der Waals surface area contributed by atoms with Gasteiger partial charge in [0, 0.05) is 6.08 Å². The number of carboxylic acid groups (broad SMARTS) is 1. The number of rotatable bonds is 2. The number of para-hydroxylation sites is 2. The number of carbonyl (C=O) groups is 2. The predicted octanol–water partition coefficient (Wildman–Crippen LogP) is 3.26. The maximum atomic E-state index is 12.4. The Kier molecular flexibility index (Phi) is 3.48. The molecule has 2 aromatic carbocycles. The molecule has 8 heteroatoms. The second-order valence-corrected chi connectivity index (χ2v) is 7.06. The Morgan fingerprint density at radius 3 is 2.67 bits per heavy atom. The summed E-state index contributed by atoms with van der Waals surface area (Å²) in [5.74, 6) is 0.910. The number of ether oxygens (including phenoxy) is 2. The molecule has 0 unspecified atom stereocenters. The van der Waals surface area contributed by atoms with E-state index < -0.39 is 12.3 Å². The SMILES string of the molecule is O=C(O)c1ccc2c(c1)nc1n2C(=O)CS/C1=C/C1Oc2ccccc2O1. The van der Waals surface area contributed by atoms with Gasteiger partial charge in [-0.05, 0) is 30.3 Å². The molecule has 1 N–H and O–H groups in total. The first-order chi connectivity index (χ1) is 13.1. The van der Waals surface area contributed by atoms with Crippen molar-refractivity contribution in [3.8, 4) is 11.5 Å². The number of imidazole rings is 1. The molecule has 0 saturated heterocycles. The molecule has 0 fully saturated rings. The van der Waals surface area contributed by atoms with Crippen LogP contribution in [0, 0.1) is 0 Å². The van der Waals surface area contributed by atoms with Crippen LogP contribution in [-0.4, -0.2) is 38.6 Å². The molecule has 1 aromatic heterocycles. The normalized spacial score (nSPS) is 17.5. The van der Waals surface area contributed by atoms with Crippen molar-refractivity contribution < 1.29 is 24.2 Å². The highest BCUT2D eigenvalue weighted by Crippen LogP contribution is 2.39. The van der Waals surface area contributed by atoms with E-state index >= 15 is 0 Å². The van der Waals surface area contributed by atoms with E-state index in [0.717, 1.165) is 4.91 Å². The molecule has 0 atom stereocenters. The summed E-state index contributed by atoms with van der Waals surface area (Å²) in [5.41, 5.74) is 1.17. The van der Waals surface area contributed by atoms with Gasteiger partial charge in [-0.25, -0.2) is 9.78 Å². The highest BCUT2D eigenvalue weighted by atomic mass is 32.2. The van der Waals surface area contributed by atoms with Crippen LogP contribution in [0.3, 0.4) is 0 Å². The Hall–Kier alpha value is -3.26. The zero-order valence-corrected chi connectivity index (χ0v) is 14.6. The summed E-state index contributed by atoms with van der Waals surface area (Å²) in [6.45, 7) is 0. The number of hydrogen-bond acceptors (Lipinski definition) is 6. The average molecular weight is 380 g/mol. The Balaban J connectivity index is 1.57. The van der Waals surface area contributed by atoms with E-state index in [0.29, 0.717) is 28.4 Å². The third kappa shape index (κ3) is 2.57. The fraction of sp³-hybridized carbons (Fsp3) is 0.105. The van der Waals surface area contributed by atoms with Crippen molar-refractivity contribution in [2.45, 2.75) is 6.29 Å². The number of hydrogen-bond donors (Lipinski definition) is 1. The molecule has 2 aliphatic heterocycles. The van der Waals surface area contributed by atoms with E-state index in [1.807, 2.05) is 24.3 Å². The summed E-state index contributed by atoms with van der Waals surface area (Å²) in [5, 5.41) is 9.18. The smallest absolute Gasteiger partial charge is 0.335 e. The molecule has 7 nitrogen and oxygen atoms in total. The van der Waals surface area contributed by atoms with Crippen molar-refractivity contribution in [1.29, 1.82) is 0 Å². The summed E-state index contributed by atoms with van der Waals surface area (Å²) in [6, 6.07) is 11.9. The van der Waals surface area contributed by atoms with Crippen LogP contribution in [0.4, 0.5) is 0 Å². The van der Waals surface area contributed by atoms with Gasteiger partial charge in [-0.3, -0.25) is 9.36 Å². The third-order valence-corrected chi connectivity index (χ3v) is 5.37. The van der Waals surface area contributed by atoms with Crippen LogP contribution in [0.5, 0.6) is 11.5 Å². The maximum Gasteiger partial charge on any atom is 0.335 e. The highest BCUT2D eigenvalue weighted by Gasteiger charge is 2.29. The van der Waals surface area contributed by atoms with E-state index in [1.54, 1.807) is 12.1 Å². The summed E-state index contributed by atoms with van der Waals surface area (Å²) in [4.78, 5) is 28.9. The first-order valence-corrected chi connectivity index (χ1v) is 9.15. The summed E-state index contributed by atoms with van der Waals surface area (Å²) in [6.07, 6.45) is 1.17. The lowest BCUT2D eigenvalue weighted by Crippen LogP contribution is -2.22. The molecule has 5 rings (SSSR count). The first kappa shape index (κ1) is 16.0. The van der Waals surface area contributed by atoms with Crippen molar-refractivity contribution in [2.75, 3.05) is 5.75 Å². The highest BCUT2D eigenvalue weighted by molar-refractivity contribution is 8.09. The van der Waals surface area contributed by atoms with Gasteiger partial charge in [0.25, 0.3) is 6.29 Å². The quantitative estimate of drug-likeness (QED) is 0.730. The average Bonchev–Trinajstić information content (AvgIpc) is 3.24. The van der Waals surface area contributed by atoms with Crippen LogP contribution >= 0.6 is 11.8 Å². The van der Waals surface area contributed by atoms with Crippen molar-refractivity contribution >= 4 is 39.6 Å². The first-order valence-electron chi connectivity index (χ1n) is 8.16. The minimum atomic E-state index is -1.04. The molecule has 0 radical (unpaired) electrons. The fourth-order valence-corrected chi connectivity index (χ4v) is 4.01. The van der Waals surface area contributed by atoms with Crippen LogP contribution < -0.4 is 9.47 Å². The Morgan fingerprint density at radius 1 is 1.22 bits per heavy atom. The number of carboxylic acids is 1. The van der Waals surface area contributed by atoms with Gasteiger partial charge in [-0.1, -0.05) is 12.1 Å². The zero-order valence-electron chi connectivity index (χ0n) is 13.8. The second kappa shape index (κ2) is 5.88. The molecule has 27 heavy (non-hydrogen) atoms. The Morgan fingerprint density at radius 2 is 1.96 bits per heavy atom. The number of fused-ring (bicyclic) bond motifs is 4. The van der Waals surface area contributed by atoms with Crippen molar-refractivity contribution in [3.05, 3.63) is 59.9 Å².